The van der Waals surface area contributed by atoms with Crippen molar-refractivity contribution < 1.29 is 9.53 Å². The van der Waals surface area contributed by atoms with Crippen molar-refractivity contribution in [2.75, 3.05) is 13.2 Å². The minimum Gasteiger partial charge on any atom is -0.373 e. The van der Waals surface area contributed by atoms with Gasteiger partial charge in [0.1, 0.15) is 0 Å². The molecule has 2 unspecified atom stereocenters. The first-order chi connectivity index (χ1) is 11.8. The number of urea groups is 1. The Balaban J connectivity index is 1.42. The highest BCUT2D eigenvalue weighted by atomic mass is 16.5. The van der Waals surface area contributed by atoms with E-state index in [2.05, 4.69) is 20.6 Å². The van der Waals surface area contributed by atoms with Gasteiger partial charge in [0.25, 0.3) is 0 Å². The Morgan fingerprint density at radius 1 is 1.25 bits per heavy atom. The van der Waals surface area contributed by atoms with Crippen molar-refractivity contribution in [3.05, 3.63) is 60.2 Å². The molecule has 6 heteroatoms. The zero-order chi connectivity index (χ0) is 16.6. The van der Waals surface area contributed by atoms with Crippen LogP contribution in [0.5, 0.6) is 0 Å². The quantitative estimate of drug-likeness (QED) is 0.883. The number of hydrogen-bond donors (Lipinski definition) is 2. The van der Waals surface area contributed by atoms with Crippen LogP contribution in [0, 0.1) is 0 Å². The van der Waals surface area contributed by atoms with Crippen LogP contribution < -0.4 is 10.6 Å². The number of hydrogen-bond acceptors (Lipinski definition) is 4. The molecule has 3 heterocycles. The molecule has 2 amide bonds. The topological polar surface area (TPSA) is 76.1 Å². The summed E-state index contributed by atoms with van der Waals surface area (Å²) < 4.78 is 5.79. The molecule has 1 aliphatic heterocycles. The van der Waals surface area contributed by atoms with Crippen LogP contribution in [0.3, 0.4) is 0 Å². The van der Waals surface area contributed by atoms with Crippen molar-refractivity contribution in [1.29, 1.82) is 0 Å². The van der Waals surface area contributed by atoms with Gasteiger partial charge in [-0.2, -0.15) is 0 Å². The summed E-state index contributed by atoms with van der Waals surface area (Å²) in [6, 6.07) is 9.67. The lowest BCUT2D eigenvalue weighted by atomic mass is 9.99. The molecule has 1 saturated heterocycles. The lowest BCUT2D eigenvalue weighted by Gasteiger charge is -2.30. The fourth-order valence-electron chi connectivity index (χ4n) is 2.81. The van der Waals surface area contributed by atoms with E-state index < -0.39 is 0 Å². The molecular formula is C18H22N4O2. The summed E-state index contributed by atoms with van der Waals surface area (Å²) in [5.74, 6) is 0. The number of rotatable bonds is 5. The average molecular weight is 326 g/mol. The predicted octanol–water partition coefficient (Wildman–Crippen LogP) is 2.24. The summed E-state index contributed by atoms with van der Waals surface area (Å²) in [6.07, 6.45) is 7.63. The van der Waals surface area contributed by atoms with Gasteiger partial charge >= 0.3 is 6.03 Å². The monoisotopic (exact) mass is 326 g/mol. The lowest BCUT2D eigenvalue weighted by Crippen LogP contribution is -2.45. The number of nitrogens with zero attached hydrogens (tertiary/aromatic N) is 2. The molecular weight excluding hydrogens is 304 g/mol. The van der Waals surface area contributed by atoms with Gasteiger partial charge in [-0.3, -0.25) is 9.97 Å². The molecule has 2 N–H and O–H groups in total. The number of carbonyl (C=O) groups excluding carboxylic acids is 1. The highest BCUT2D eigenvalue weighted by Crippen LogP contribution is 2.27. The normalized spacial score (nSPS) is 20.3. The average Bonchev–Trinajstić information content (AvgIpc) is 2.63. The van der Waals surface area contributed by atoms with Crippen molar-refractivity contribution in [2.45, 2.75) is 31.4 Å². The summed E-state index contributed by atoms with van der Waals surface area (Å²) >= 11 is 0. The largest absolute Gasteiger partial charge is 0.373 e. The van der Waals surface area contributed by atoms with Crippen molar-refractivity contribution in [3.63, 3.8) is 0 Å². The number of pyridine rings is 2. The first-order valence-corrected chi connectivity index (χ1v) is 8.27. The van der Waals surface area contributed by atoms with Crippen LogP contribution in [0.25, 0.3) is 0 Å². The van der Waals surface area contributed by atoms with Gasteiger partial charge in [0.2, 0.25) is 0 Å². The van der Waals surface area contributed by atoms with Crippen molar-refractivity contribution in [1.82, 2.24) is 20.6 Å². The van der Waals surface area contributed by atoms with E-state index in [4.69, 9.17) is 4.74 Å². The molecule has 6 nitrogen and oxygen atoms in total. The fraction of sp³-hybridized carbons (Fsp3) is 0.389. The zero-order valence-corrected chi connectivity index (χ0v) is 13.5. The number of aromatic nitrogens is 2. The Morgan fingerprint density at radius 3 is 3.00 bits per heavy atom. The van der Waals surface area contributed by atoms with E-state index in [0.717, 1.165) is 30.5 Å². The summed E-state index contributed by atoms with van der Waals surface area (Å²) in [5, 5.41) is 5.92. The standard InChI is InChI=1S/C18H22N4O2/c23-18(21-10-6-15-5-1-2-9-20-15)22-16-7-11-24-17(12-16)14-4-3-8-19-13-14/h1-5,8-9,13,16-17H,6-7,10-12H2,(H2,21,22,23). The fourth-order valence-corrected chi connectivity index (χ4v) is 2.81. The van der Waals surface area contributed by atoms with Gasteiger partial charge in [-0.25, -0.2) is 4.79 Å². The second-order valence-electron chi connectivity index (χ2n) is 5.84. The summed E-state index contributed by atoms with van der Waals surface area (Å²) in [7, 11) is 0. The molecule has 1 aliphatic rings. The maximum atomic E-state index is 12.0. The van der Waals surface area contributed by atoms with Crippen LogP contribution >= 0.6 is 0 Å². The Labute approximate surface area is 141 Å². The molecule has 0 spiro atoms. The van der Waals surface area contributed by atoms with Gasteiger partial charge in [0, 0.05) is 49.9 Å². The van der Waals surface area contributed by atoms with Crippen LogP contribution in [0.1, 0.15) is 30.2 Å². The van der Waals surface area contributed by atoms with Gasteiger partial charge in [0.05, 0.1) is 6.10 Å². The van der Waals surface area contributed by atoms with Gasteiger partial charge in [0.15, 0.2) is 0 Å². The SMILES string of the molecule is O=C(NCCc1ccccn1)NC1CCOC(c2cccnc2)C1. The molecule has 0 radical (unpaired) electrons. The van der Waals surface area contributed by atoms with Crippen LogP contribution in [0.4, 0.5) is 4.79 Å². The summed E-state index contributed by atoms with van der Waals surface area (Å²) in [5.41, 5.74) is 2.03. The van der Waals surface area contributed by atoms with E-state index in [1.165, 1.54) is 0 Å². The molecule has 0 aliphatic carbocycles. The van der Waals surface area contributed by atoms with Crippen LogP contribution in [-0.2, 0) is 11.2 Å². The Hall–Kier alpha value is -2.47. The predicted molar refractivity (Wildman–Crippen MR) is 90.4 cm³/mol. The molecule has 24 heavy (non-hydrogen) atoms. The maximum absolute atomic E-state index is 12.0. The third kappa shape index (κ3) is 4.76. The molecule has 2 atom stereocenters. The minimum absolute atomic E-state index is 0.00808. The number of carbonyl (C=O) groups is 1. The third-order valence-corrected chi connectivity index (χ3v) is 4.07. The van der Waals surface area contributed by atoms with E-state index in [0.29, 0.717) is 13.2 Å². The van der Waals surface area contributed by atoms with E-state index in [9.17, 15) is 4.79 Å². The second kappa shape index (κ2) is 8.40. The van der Waals surface area contributed by atoms with Gasteiger partial charge in [-0.1, -0.05) is 12.1 Å². The van der Waals surface area contributed by atoms with Gasteiger partial charge in [-0.15, -0.1) is 0 Å². The Kier molecular flexibility index (Phi) is 5.74. The van der Waals surface area contributed by atoms with Crippen molar-refractivity contribution >= 4 is 6.03 Å². The zero-order valence-electron chi connectivity index (χ0n) is 13.5. The van der Waals surface area contributed by atoms with E-state index in [1.54, 1.807) is 12.4 Å². The smallest absolute Gasteiger partial charge is 0.315 e. The van der Waals surface area contributed by atoms with E-state index in [-0.39, 0.29) is 18.2 Å². The number of ether oxygens (including phenoxy) is 1. The Morgan fingerprint density at radius 2 is 2.21 bits per heavy atom. The van der Waals surface area contributed by atoms with Crippen LogP contribution in [-0.4, -0.2) is 35.2 Å². The second-order valence-corrected chi connectivity index (χ2v) is 5.84. The lowest BCUT2D eigenvalue weighted by molar-refractivity contribution is 0.00208. The summed E-state index contributed by atoms with van der Waals surface area (Å²) in [6.45, 7) is 1.20. The highest BCUT2D eigenvalue weighted by molar-refractivity contribution is 5.74. The molecule has 0 bridgehead atoms. The molecule has 2 aromatic rings. The number of amides is 2. The first kappa shape index (κ1) is 16.4. The van der Waals surface area contributed by atoms with Gasteiger partial charge in [-0.05, 0) is 36.6 Å². The van der Waals surface area contributed by atoms with Crippen molar-refractivity contribution in [3.8, 4) is 0 Å². The number of nitrogens with one attached hydrogen (secondary N) is 2. The molecule has 126 valence electrons. The van der Waals surface area contributed by atoms with Gasteiger partial charge < -0.3 is 15.4 Å². The first-order valence-electron chi connectivity index (χ1n) is 8.27. The molecule has 2 aromatic heterocycles. The van der Waals surface area contributed by atoms with Crippen molar-refractivity contribution in [2.24, 2.45) is 0 Å². The van der Waals surface area contributed by atoms with Crippen LogP contribution in [0.2, 0.25) is 0 Å². The summed E-state index contributed by atoms with van der Waals surface area (Å²) in [4.78, 5) is 20.4. The Bertz CT molecular complexity index is 636. The van der Waals surface area contributed by atoms with Crippen LogP contribution in [0.15, 0.2) is 48.9 Å². The molecule has 1 fully saturated rings. The molecule has 0 aromatic carbocycles. The highest BCUT2D eigenvalue weighted by Gasteiger charge is 2.25. The van der Waals surface area contributed by atoms with E-state index in [1.807, 2.05) is 36.5 Å². The minimum atomic E-state index is -0.136. The van der Waals surface area contributed by atoms with E-state index >= 15 is 0 Å². The molecule has 3 rings (SSSR count). The third-order valence-electron chi connectivity index (χ3n) is 4.07. The maximum Gasteiger partial charge on any atom is 0.315 e. The molecule has 0 saturated carbocycles.